The molecule has 2 heterocycles. The first-order chi connectivity index (χ1) is 6.75. The molecule has 5 heteroatoms. The van der Waals surface area contributed by atoms with Gasteiger partial charge in [0, 0.05) is 19.5 Å². The fourth-order valence-corrected chi connectivity index (χ4v) is 1.67. The van der Waals surface area contributed by atoms with Crippen molar-refractivity contribution in [3.63, 3.8) is 0 Å². The number of rotatable bonds is 2. The van der Waals surface area contributed by atoms with Crippen molar-refractivity contribution in [1.82, 2.24) is 20.1 Å². The van der Waals surface area contributed by atoms with Gasteiger partial charge in [-0.1, -0.05) is 6.92 Å². The molecule has 78 valence electrons. The molecule has 1 N–H and O–H groups in total. The zero-order valence-electron chi connectivity index (χ0n) is 8.60. The van der Waals surface area contributed by atoms with Gasteiger partial charge in [0.25, 0.3) is 0 Å². The summed E-state index contributed by atoms with van der Waals surface area (Å²) < 4.78 is 7.36. The van der Waals surface area contributed by atoms with Gasteiger partial charge in [0.1, 0.15) is 12.4 Å². The van der Waals surface area contributed by atoms with Crippen LogP contribution in [-0.4, -0.2) is 34.0 Å². The number of hydrogen-bond donors (Lipinski definition) is 1. The van der Waals surface area contributed by atoms with Crippen molar-refractivity contribution < 1.29 is 4.74 Å². The smallest absolute Gasteiger partial charge is 0.335 e. The third-order valence-electron chi connectivity index (χ3n) is 2.54. The van der Waals surface area contributed by atoms with Gasteiger partial charge in [-0.05, 0) is 13.0 Å². The average Bonchev–Trinajstić information content (AvgIpc) is 2.56. The van der Waals surface area contributed by atoms with Crippen LogP contribution >= 0.6 is 0 Å². The maximum absolute atomic E-state index is 5.71. The van der Waals surface area contributed by atoms with Crippen LogP contribution in [0.3, 0.4) is 0 Å². The van der Waals surface area contributed by atoms with Gasteiger partial charge in [0.15, 0.2) is 0 Å². The molecule has 0 radical (unpaired) electrons. The number of piperidine rings is 1. The van der Waals surface area contributed by atoms with Gasteiger partial charge in [0.2, 0.25) is 0 Å². The molecule has 1 fully saturated rings. The van der Waals surface area contributed by atoms with Gasteiger partial charge in [-0.15, -0.1) is 5.10 Å². The van der Waals surface area contributed by atoms with Gasteiger partial charge in [0.05, 0.1) is 0 Å². The fourth-order valence-electron chi connectivity index (χ4n) is 1.67. The predicted molar refractivity (Wildman–Crippen MR) is 52.1 cm³/mol. The molecule has 0 aliphatic carbocycles. The van der Waals surface area contributed by atoms with Crippen LogP contribution in [0, 0.1) is 5.92 Å². The van der Waals surface area contributed by atoms with Crippen LogP contribution in [0.5, 0.6) is 6.01 Å². The third kappa shape index (κ3) is 2.04. The minimum absolute atomic E-state index is 0.249. The third-order valence-corrected chi connectivity index (χ3v) is 2.54. The topological polar surface area (TPSA) is 52.0 Å². The van der Waals surface area contributed by atoms with Crippen molar-refractivity contribution in [3.8, 4) is 6.01 Å². The first-order valence-electron chi connectivity index (χ1n) is 4.98. The Morgan fingerprint density at radius 3 is 3.14 bits per heavy atom. The highest BCUT2D eigenvalue weighted by Gasteiger charge is 2.23. The molecule has 5 nitrogen and oxygen atoms in total. The second-order valence-corrected chi connectivity index (χ2v) is 3.83. The van der Waals surface area contributed by atoms with E-state index in [1.54, 1.807) is 11.0 Å². The van der Waals surface area contributed by atoms with Crippen molar-refractivity contribution in [2.24, 2.45) is 13.0 Å². The first kappa shape index (κ1) is 9.45. The lowest BCUT2D eigenvalue weighted by atomic mass is 9.98. The Bertz CT molecular complexity index is 299. The summed E-state index contributed by atoms with van der Waals surface area (Å²) in [5.74, 6) is 0.521. The molecule has 1 aliphatic heterocycles. The zero-order valence-corrected chi connectivity index (χ0v) is 8.60. The van der Waals surface area contributed by atoms with Gasteiger partial charge < -0.3 is 10.1 Å². The minimum atomic E-state index is 0.249. The molecule has 1 aromatic rings. The van der Waals surface area contributed by atoms with E-state index in [2.05, 4.69) is 22.3 Å². The van der Waals surface area contributed by atoms with Gasteiger partial charge in [-0.2, -0.15) is 4.98 Å². The molecular formula is C9H16N4O. The Balaban J connectivity index is 1.95. The summed E-state index contributed by atoms with van der Waals surface area (Å²) in [6, 6.07) is 0.492. The van der Waals surface area contributed by atoms with Crippen molar-refractivity contribution >= 4 is 0 Å². The standard InChI is InChI=1S/C9H16N4O/c1-7-5-10-4-3-8(7)14-9-11-6-13(2)12-9/h6-8,10H,3-5H2,1-2H3. The van der Waals surface area contributed by atoms with Gasteiger partial charge in [-0.3, -0.25) is 4.68 Å². The van der Waals surface area contributed by atoms with E-state index < -0.39 is 0 Å². The second-order valence-electron chi connectivity index (χ2n) is 3.83. The highest BCUT2D eigenvalue weighted by atomic mass is 16.5. The molecule has 2 rings (SSSR count). The Morgan fingerprint density at radius 2 is 2.50 bits per heavy atom. The largest absolute Gasteiger partial charge is 0.459 e. The van der Waals surface area contributed by atoms with Crippen molar-refractivity contribution in [1.29, 1.82) is 0 Å². The van der Waals surface area contributed by atoms with Gasteiger partial charge in [-0.25, -0.2) is 0 Å². The summed E-state index contributed by atoms with van der Waals surface area (Å²) in [5.41, 5.74) is 0. The lowest BCUT2D eigenvalue weighted by molar-refractivity contribution is 0.101. The van der Waals surface area contributed by atoms with Gasteiger partial charge >= 0.3 is 6.01 Å². The molecule has 0 aromatic carbocycles. The summed E-state index contributed by atoms with van der Waals surface area (Å²) >= 11 is 0. The number of hydrogen-bond acceptors (Lipinski definition) is 4. The Labute approximate surface area is 83.5 Å². The maximum Gasteiger partial charge on any atom is 0.335 e. The molecule has 0 amide bonds. The first-order valence-corrected chi connectivity index (χ1v) is 4.98. The summed E-state index contributed by atoms with van der Waals surface area (Å²) in [4.78, 5) is 4.05. The molecule has 1 saturated heterocycles. The van der Waals surface area contributed by atoms with E-state index in [4.69, 9.17) is 4.74 Å². The summed E-state index contributed by atoms with van der Waals surface area (Å²) in [7, 11) is 1.84. The Hall–Kier alpha value is -1.10. The summed E-state index contributed by atoms with van der Waals surface area (Å²) in [6.45, 7) is 4.21. The van der Waals surface area contributed by atoms with Crippen LogP contribution in [0.4, 0.5) is 0 Å². The van der Waals surface area contributed by atoms with Crippen molar-refractivity contribution in [3.05, 3.63) is 6.33 Å². The lowest BCUT2D eigenvalue weighted by Crippen LogP contribution is -2.41. The molecule has 0 spiro atoms. The zero-order chi connectivity index (χ0) is 9.97. The number of nitrogens with zero attached hydrogens (tertiary/aromatic N) is 3. The van der Waals surface area contributed by atoms with Crippen LogP contribution in [0.1, 0.15) is 13.3 Å². The van der Waals surface area contributed by atoms with Crippen LogP contribution in [0.25, 0.3) is 0 Å². The molecule has 2 unspecified atom stereocenters. The maximum atomic E-state index is 5.71. The molecule has 14 heavy (non-hydrogen) atoms. The average molecular weight is 196 g/mol. The Morgan fingerprint density at radius 1 is 1.64 bits per heavy atom. The number of aryl methyl sites for hydroxylation is 1. The highest BCUT2D eigenvalue weighted by molar-refractivity contribution is 4.91. The van der Waals surface area contributed by atoms with E-state index in [0.29, 0.717) is 11.9 Å². The van der Waals surface area contributed by atoms with Crippen molar-refractivity contribution in [2.45, 2.75) is 19.4 Å². The van der Waals surface area contributed by atoms with E-state index in [0.717, 1.165) is 19.5 Å². The van der Waals surface area contributed by atoms with E-state index in [-0.39, 0.29) is 6.10 Å². The predicted octanol–water partition coefficient (Wildman–Crippen LogP) is 0.192. The quantitative estimate of drug-likeness (QED) is 0.733. The van der Waals surface area contributed by atoms with E-state index in [1.165, 1.54) is 0 Å². The molecule has 2 atom stereocenters. The number of nitrogens with one attached hydrogen (secondary N) is 1. The van der Waals surface area contributed by atoms with Crippen molar-refractivity contribution in [2.75, 3.05) is 13.1 Å². The molecule has 0 saturated carbocycles. The molecule has 1 aliphatic rings. The number of aromatic nitrogens is 3. The summed E-state index contributed by atoms with van der Waals surface area (Å²) in [6.07, 6.45) is 2.93. The van der Waals surface area contributed by atoms with E-state index in [1.807, 2.05) is 7.05 Å². The summed E-state index contributed by atoms with van der Waals surface area (Å²) in [5, 5.41) is 7.43. The van der Waals surface area contributed by atoms with Crippen LogP contribution in [-0.2, 0) is 7.05 Å². The molecule has 1 aromatic heterocycles. The SMILES string of the molecule is CC1CNCCC1Oc1ncn(C)n1. The Kier molecular flexibility index (Phi) is 2.67. The fraction of sp³-hybridized carbons (Fsp3) is 0.778. The monoisotopic (exact) mass is 196 g/mol. The lowest BCUT2D eigenvalue weighted by Gasteiger charge is -2.28. The van der Waals surface area contributed by atoms with Crippen LogP contribution in [0.2, 0.25) is 0 Å². The van der Waals surface area contributed by atoms with Crippen LogP contribution < -0.4 is 10.1 Å². The van der Waals surface area contributed by atoms with Crippen LogP contribution in [0.15, 0.2) is 6.33 Å². The second kappa shape index (κ2) is 3.96. The normalized spacial score (nSPS) is 27.6. The van der Waals surface area contributed by atoms with E-state index >= 15 is 0 Å². The van der Waals surface area contributed by atoms with E-state index in [9.17, 15) is 0 Å². The highest BCUT2D eigenvalue weighted by Crippen LogP contribution is 2.16. The molecule has 0 bridgehead atoms. The molecular weight excluding hydrogens is 180 g/mol. The minimum Gasteiger partial charge on any atom is -0.459 e. The number of ether oxygens (including phenoxy) is 1.